The van der Waals surface area contributed by atoms with Crippen LogP contribution in [-0.4, -0.2) is 34.0 Å². The molecule has 2 heterocycles. The molecule has 3 rings (SSSR count). The highest BCUT2D eigenvalue weighted by Gasteiger charge is 2.20. The Morgan fingerprint density at radius 2 is 2.00 bits per heavy atom. The molecule has 0 atom stereocenters. The minimum atomic E-state index is -0.0937. The van der Waals surface area contributed by atoms with Crippen LogP contribution in [0.25, 0.3) is 5.57 Å². The van der Waals surface area contributed by atoms with Gasteiger partial charge in [-0.15, -0.1) is 0 Å². The standard InChI is InChI=1S/C19H21ClN4O/c1-2-3-14-4-6-16(7-5-14)23-19(25)24-12-8-15(9-13-24)17-18(20)22-11-10-21-17/h4-8,10-11H,2-3,9,12-13H2,1H3,(H,23,25). The molecule has 0 fully saturated rings. The second-order valence-corrected chi connectivity index (χ2v) is 6.36. The number of amides is 2. The molecule has 1 aromatic heterocycles. The Kier molecular flexibility index (Phi) is 5.66. The summed E-state index contributed by atoms with van der Waals surface area (Å²) in [7, 11) is 0. The average Bonchev–Trinajstić information content (AvgIpc) is 2.64. The van der Waals surface area contributed by atoms with Crippen molar-refractivity contribution >= 4 is 28.9 Å². The van der Waals surface area contributed by atoms with Crippen molar-refractivity contribution in [2.75, 3.05) is 18.4 Å². The minimum Gasteiger partial charge on any atom is -0.320 e. The monoisotopic (exact) mass is 356 g/mol. The van der Waals surface area contributed by atoms with Gasteiger partial charge < -0.3 is 10.2 Å². The van der Waals surface area contributed by atoms with E-state index in [1.807, 2.05) is 18.2 Å². The number of urea groups is 1. The first kappa shape index (κ1) is 17.4. The maximum absolute atomic E-state index is 12.4. The molecule has 0 bridgehead atoms. The van der Waals surface area contributed by atoms with Crippen molar-refractivity contribution in [3.63, 3.8) is 0 Å². The van der Waals surface area contributed by atoms with Crippen molar-refractivity contribution < 1.29 is 4.79 Å². The van der Waals surface area contributed by atoms with E-state index in [0.29, 0.717) is 30.4 Å². The second kappa shape index (κ2) is 8.12. The summed E-state index contributed by atoms with van der Waals surface area (Å²) >= 11 is 6.09. The first-order valence-corrected chi connectivity index (χ1v) is 8.86. The van der Waals surface area contributed by atoms with E-state index in [2.05, 4.69) is 34.3 Å². The van der Waals surface area contributed by atoms with E-state index in [1.54, 1.807) is 17.3 Å². The molecule has 1 aliphatic heterocycles. The number of aryl methyl sites for hydroxylation is 1. The predicted molar refractivity (Wildman–Crippen MR) is 101 cm³/mol. The van der Waals surface area contributed by atoms with Crippen LogP contribution in [-0.2, 0) is 6.42 Å². The van der Waals surface area contributed by atoms with Gasteiger partial charge in [0.15, 0.2) is 5.15 Å². The molecule has 0 unspecified atom stereocenters. The van der Waals surface area contributed by atoms with Crippen LogP contribution >= 0.6 is 11.6 Å². The number of halogens is 1. The molecule has 130 valence electrons. The Balaban J connectivity index is 1.60. The molecule has 0 aliphatic carbocycles. The molecule has 0 saturated heterocycles. The Bertz CT molecular complexity index is 773. The second-order valence-electron chi connectivity index (χ2n) is 6.00. The van der Waals surface area contributed by atoms with Gasteiger partial charge in [-0.25, -0.2) is 9.78 Å². The third-order valence-corrected chi connectivity index (χ3v) is 4.47. The molecule has 6 heteroatoms. The quantitative estimate of drug-likeness (QED) is 0.883. The van der Waals surface area contributed by atoms with E-state index < -0.39 is 0 Å². The number of benzene rings is 1. The number of hydrogen-bond acceptors (Lipinski definition) is 3. The highest BCUT2D eigenvalue weighted by Crippen LogP contribution is 2.25. The fourth-order valence-corrected chi connectivity index (χ4v) is 3.08. The molecule has 0 radical (unpaired) electrons. The number of nitrogens with zero attached hydrogens (tertiary/aromatic N) is 3. The topological polar surface area (TPSA) is 58.1 Å². The maximum atomic E-state index is 12.4. The van der Waals surface area contributed by atoms with E-state index in [-0.39, 0.29) is 6.03 Å². The summed E-state index contributed by atoms with van der Waals surface area (Å²) in [5, 5.41) is 3.35. The van der Waals surface area contributed by atoms with Gasteiger partial charge >= 0.3 is 6.03 Å². The average molecular weight is 357 g/mol. The summed E-state index contributed by atoms with van der Waals surface area (Å²) in [6.45, 7) is 3.31. The highest BCUT2D eigenvalue weighted by atomic mass is 35.5. The molecule has 1 aliphatic rings. The van der Waals surface area contributed by atoms with Crippen LogP contribution in [0.3, 0.4) is 0 Å². The van der Waals surface area contributed by atoms with Crippen LogP contribution < -0.4 is 5.32 Å². The van der Waals surface area contributed by atoms with Gasteiger partial charge in [0.25, 0.3) is 0 Å². The summed E-state index contributed by atoms with van der Waals surface area (Å²) in [5.74, 6) is 0. The molecule has 2 amide bonds. The normalized spacial score (nSPS) is 14.2. The van der Waals surface area contributed by atoms with E-state index in [9.17, 15) is 4.79 Å². The summed E-state index contributed by atoms with van der Waals surface area (Å²) in [6.07, 6.45) is 8.07. The van der Waals surface area contributed by atoms with Crippen molar-refractivity contribution in [1.82, 2.24) is 14.9 Å². The fraction of sp³-hybridized carbons (Fsp3) is 0.316. The zero-order valence-corrected chi connectivity index (χ0v) is 15.0. The third-order valence-electron chi connectivity index (χ3n) is 4.20. The molecule has 0 saturated carbocycles. The van der Waals surface area contributed by atoms with Crippen LogP contribution in [0.4, 0.5) is 10.5 Å². The van der Waals surface area contributed by atoms with Crippen molar-refractivity contribution in [2.45, 2.75) is 26.2 Å². The number of nitrogens with one attached hydrogen (secondary N) is 1. The maximum Gasteiger partial charge on any atom is 0.322 e. The van der Waals surface area contributed by atoms with Gasteiger partial charge in [0, 0.05) is 31.2 Å². The predicted octanol–water partition coefficient (Wildman–Crippen LogP) is 4.40. The number of anilines is 1. The lowest BCUT2D eigenvalue weighted by Gasteiger charge is -2.26. The Labute approximate surface area is 152 Å². The fourth-order valence-electron chi connectivity index (χ4n) is 2.85. The minimum absolute atomic E-state index is 0.0937. The first-order chi connectivity index (χ1) is 12.2. The molecular formula is C19H21ClN4O. The van der Waals surface area contributed by atoms with Crippen LogP contribution in [0.2, 0.25) is 5.15 Å². The van der Waals surface area contributed by atoms with Gasteiger partial charge in [0.05, 0.1) is 0 Å². The molecule has 5 nitrogen and oxygen atoms in total. The molecular weight excluding hydrogens is 336 g/mol. The van der Waals surface area contributed by atoms with Crippen LogP contribution in [0, 0.1) is 0 Å². The van der Waals surface area contributed by atoms with Crippen molar-refractivity contribution in [3.8, 4) is 0 Å². The van der Waals surface area contributed by atoms with Crippen molar-refractivity contribution in [2.24, 2.45) is 0 Å². The Hall–Kier alpha value is -2.40. The van der Waals surface area contributed by atoms with Gasteiger partial charge in [-0.1, -0.05) is 43.2 Å². The summed E-state index contributed by atoms with van der Waals surface area (Å²) in [4.78, 5) is 22.5. The lowest BCUT2D eigenvalue weighted by atomic mass is 10.1. The Morgan fingerprint density at radius 1 is 1.24 bits per heavy atom. The van der Waals surface area contributed by atoms with Gasteiger partial charge in [0.1, 0.15) is 5.69 Å². The third kappa shape index (κ3) is 4.37. The smallest absolute Gasteiger partial charge is 0.320 e. The number of rotatable bonds is 4. The number of carbonyl (C=O) groups excluding carboxylic acids is 1. The summed E-state index contributed by atoms with van der Waals surface area (Å²) in [5.41, 5.74) is 3.84. The van der Waals surface area contributed by atoms with E-state index in [0.717, 1.165) is 24.1 Å². The van der Waals surface area contributed by atoms with E-state index in [4.69, 9.17) is 11.6 Å². The molecule has 25 heavy (non-hydrogen) atoms. The number of carbonyl (C=O) groups is 1. The largest absolute Gasteiger partial charge is 0.322 e. The summed E-state index contributed by atoms with van der Waals surface area (Å²) < 4.78 is 0. The van der Waals surface area contributed by atoms with Crippen LogP contribution in [0.5, 0.6) is 0 Å². The van der Waals surface area contributed by atoms with Crippen LogP contribution in [0.1, 0.15) is 31.0 Å². The molecule has 1 aromatic carbocycles. The van der Waals surface area contributed by atoms with Crippen molar-refractivity contribution in [3.05, 3.63) is 59.1 Å². The van der Waals surface area contributed by atoms with Crippen LogP contribution in [0.15, 0.2) is 42.7 Å². The SMILES string of the molecule is CCCc1ccc(NC(=O)N2CC=C(c3nccnc3Cl)CC2)cc1. The van der Waals surface area contributed by atoms with Gasteiger partial charge in [-0.2, -0.15) is 0 Å². The van der Waals surface area contributed by atoms with E-state index >= 15 is 0 Å². The van der Waals surface area contributed by atoms with Gasteiger partial charge in [0.2, 0.25) is 0 Å². The van der Waals surface area contributed by atoms with Crippen molar-refractivity contribution in [1.29, 1.82) is 0 Å². The summed E-state index contributed by atoms with van der Waals surface area (Å²) in [6, 6.07) is 7.93. The molecule has 1 N–H and O–H groups in total. The zero-order valence-electron chi connectivity index (χ0n) is 14.2. The highest BCUT2D eigenvalue weighted by molar-refractivity contribution is 6.30. The first-order valence-electron chi connectivity index (χ1n) is 8.48. The molecule has 0 spiro atoms. The molecule has 2 aromatic rings. The zero-order chi connectivity index (χ0) is 17.6. The lowest BCUT2D eigenvalue weighted by molar-refractivity contribution is 0.217. The van der Waals surface area contributed by atoms with E-state index in [1.165, 1.54) is 5.56 Å². The van der Waals surface area contributed by atoms with Gasteiger partial charge in [-0.3, -0.25) is 4.98 Å². The van der Waals surface area contributed by atoms with Gasteiger partial charge in [-0.05, 0) is 36.1 Å². The lowest BCUT2D eigenvalue weighted by Crippen LogP contribution is -2.38. The number of hydrogen-bond donors (Lipinski definition) is 1. The number of aromatic nitrogens is 2. The Morgan fingerprint density at radius 3 is 2.64 bits per heavy atom.